The van der Waals surface area contributed by atoms with Gasteiger partial charge in [0, 0.05) is 12.0 Å². The molecule has 1 aromatic carbocycles. The van der Waals surface area contributed by atoms with E-state index in [-0.39, 0.29) is 11.5 Å². The summed E-state index contributed by atoms with van der Waals surface area (Å²) >= 11 is 0. The second-order valence-corrected chi connectivity index (χ2v) is 9.59. The van der Waals surface area contributed by atoms with Gasteiger partial charge in [0.1, 0.15) is 42.2 Å². The average molecular weight is 539 g/mol. The molecule has 1 aliphatic carbocycles. The van der Waals surface area contributed by atoms with Crippen molar-refractivity contribution in [1.29, 1.82) is 0 Å². The largest absolute Gasteiger partial charge is 0.504 e. The molecule has 3 aliphatic heterocycles. The van der Waals surface area contributed by atoms with Crippen LogP contribution in [0.15, 0.2) is 36.6 Å². The Morgan fingerprint density at radius 2 is 1.92 bits per heavy atom. The summed E-state index contributed by atoms with van der Waals surface area (Å²) in [6.07, 6.45) is -4.38. The van der Waals surface area contributed by atoms with E-state index in [1.807, 2.05) is 0 Å². The summed E-state index contributed by atoms with van der Waals surface area (Å²) in [5.41, 5.74) is -0.556. The van der Waals surface area contributed by atoms with Gasteiger partial charge in [-0.2, -0.15) is 0 Å². The Bertz CT molecular complexity index is 1090. The molecule has 2 saturated heterocycles. The van der Waals surface area contributed by atoms with Crippen LogP contribution < -0.4 is 4.74 Å². The SMILES string of the molecule is COc1cc(/C=C/C(=O)OC2C3C=COC(OC4OC(CO)C(O)C(O)C4O)C3C3(CO)OC23)ccc1O. The Hall–Kier alpha value is -2.75. The van der Waals surface area contributed by atoms with Crippen LogP contribution >= 0.6 is 0 Å². The van der Waals surface area contributed by atoms with Crippen LogP contribution in [0, 0.1) is 11.8 Å². The summed E-state index contributed by atoms with van der Waals surface area (Å²) in [5.74, 6) is -1.64. The predicted octanol–water partition coefficient (Wildman–Crippen LogP) is -1.61. The summed E-state index contributed by atoms with van der Waals surface area (Å²) in [6, 6.07) is 4.57. The number of epoxide rings is 1. The van der Waals surface area contributed by atoms with E-state index in [0.29, 0.717) is 5.56 Å². The number of aliphatic hydroxyl groups excluding tert-OH is 5. The Kier molecular flexibility index (Phi) is 7.37. The topological polar surface area (TPSA) is 197 Å². The minimum Gasteiger partial charge on any atom is -0.504 e. The van der Waals surface area contributed by atoms with Gasteiger partial charge < -0.3 is 59.1 Å². The summed E-state index contributed by atoms with van der Waals surface area (Å²) in [5, 5.41) is 59.8. The lowest BCUT2D eigenvalue weighted by molar-refractivity contribution is -0.344. The highest BCUT2D eigenvalue weighted by Crippen LogP contribution is 2.60. The lowest BCUT2D eigenvalue weighted by Crippen LogP contribution is -2.60. The molecule has 1 saturated carbocycles. The van der Waals surface area contributed by atoms with E-state index in [1.165, 1.54) is 31.6 Å². The second-order valence-electron chi connectivity index (χ2n) is 9.59. The van der Waals surface area contributed by atoms with Crippen LogP contribution in [0.5, 0.6) is 11.5 Å². The Labute approximate surface area is 217 Å². The van der Waals surface area contributed by atoms with E-state index in [1.54, 1.807) is 18.2 Å². The van der Waals surface area contributed by atoms with Gasteiger partial charge in [0.05, 0.1) is 32.5 Å². The first-order valence-corrected chi connectivity index (χ1v) is 12.1. The molecule has 6 N–H and O–H groups in total. The number of hydrogen-bond acceptors (Lipinski definition) is 13. The highest BCUT2D eigenvalue weighted by molar-refractivity contribution is 5.87. The molecule has 0 spiro atoms. The molecular weight excluding hydrogens is 508 g/mol. The summed E-state index contributed by atoms with van der Waals surface area (Å²) < 4.78 is 33.4. The van der Waals surface area contributed by atoms with Crippen LogP contribution in [0.3, 0.4) is 0 Å². The van der Waals surface area contributed by atoms with E-state index in [9.17, 15) is 35.4 Å². The van der Waals surface area contributed by atoms with Crippen LogP contribution in [0.25, 0.3) is 6.08 Å². The lowest BCUT2D eigenvalue weighted by Gasteiger charge is -2.43. The third-order valence-electron chi connectivity index (χ3n) is 7.47. The molecule has 208 valence electrons. The smallest absolute Gasteiger partial charge is 0.331 e. The number of esters is 1. The lowest BCUT2D eigenvalue weighted by atomic mass is 9.85. The van der Waals surface area contributed by atoms with Crippen molar-refractivity contribution in [2.24, 2.45) is 11.8 Å². The Morgan fingerprint density at radius 1 is 1.13 bits per heavy atom. The number of methoxy groups -OCH3 is 1. The van der Waals surface area contributed by atoms with Crippen LogP contribution in [0.1, 0.15) is 5.56 Å². The highest BCUT2D eigenvalue weighted by Gasteiger charge is 2.77. The van der Waals surface area contributed by atoms with E-state index in [0.717, 1.165) is 0 Å². The van der Waals surface area contributed by atoms with Crippen LogP contribution in [-0.2, 0) is 28.5 Å². The third-order valence-corrected chi connectivity index (χ3v) is 7.47. The predicted molar refractivity (Wildman–Crippen MR) is 124 cm³/mol. The normalized spacial score (nSPS) is 41.3. The van der Waals surface area contributed by atoms with Gasteiger partial charge in [-0.3, -0.25) is 0 Å². The molecule has 1 aromatic rings. The molecule has 3 heterocycles. The maximum atomic E-state index is 12.7. The van der Waals surface area contributed by atoms with Crippen molar-refractivity contribution in [2.45, 2.75) is 54.8 Å². The minimum absolute atomic E-state index is 0.0396. The number of carbonyl (C=O) groups excluding carboxylic acids is 1. The van der Waals surface area contributed by atoms with E-state index >= 15 is 0 Å². The van der Waals surface area contributed by atoms with Crippen LogP contribution in [0.2, 0.25) is 0 Å². The first-order chi connectivity index (χ1) is 18.2. The van der Waals surface area contributed by atoms with Crippen molar-refractivity contribution in [3.05, 3.63) is 42.2 Å². The summed E-state index contributed by atoms with van der Waals surface area (Å²) in [6.45, 7) is -1.06. The molecule has 0 radical (unpaired) electrons. The molecule has 13 heteroatoms. The molecule has 0 amide bonds. The number of phenolic OH excluding ortho intramolecular Hbond substituents is 1. The number of benzene rings is 1. The van der Waals surface area contributed by atoms with Crippen LogP contribution in [0.4, 0.5) is 0 Å². The molecule has 0 bridgehead atoms. The molecule has 3 fully saturated rings. The van der Waals surface area contributed by atoms with E-state index in [2.05, 4.69) is 0 Å². The van der Waals surface area contributed by atoms with Gasteiger partial charge in [0.2, 0.25) is 6.29 Å². The number of ether oxygens (including phenoxy) is 6. The molecule has 11 unspecified atom stereocenters. The fourth-order valence-electron chi connectivity index (χ4n) is 5.42. The highest BCUT2D eigenvalue weighted by atomic mass is 16.8. The maximum Gasteiger partial charge on any atom is 0.331 e. The summed E-state index contributed by atoms with van der Waals surface area (Å²) in [7, 11) is 1.41. The third kappa shape index (κ3) is 4.54. The Balaban J connectivity index is 1.29. The van der Waals surface area contributed by atoms with Crippen LogP contribution in [-0.4, -0.2) is 112 Å². The van der Waals surface area contributed by atoms with Gasteiger partial charge >= 0.3 is 5.97 Å². The number of carbonyl (C=O) groups is 1. The quantitative estimate of drug-likeness (QED) is 0.126. The molecule has 4 aliphatic rings. The molecule has 13 nitrogen and oxygen atoms in total. The monoisotopic (exact) mass is 538 g/mol. The first kappa shape index (κ1) is 26.8. The number of aromatic hydroxyl groups is 1. The van der Waals surface area contributed by atoms with Gasteiger partial charge in [-0.05, 0) is 29.8 Å². The standard InChI is InChI=1S/C25H30O13/c1-33-14-8-11(2-4-13(14)28)3-5-16(29)36-21-12-6-7-34-23(17(12)25(10-27)22(21)38-25)37-24-20(32)19(31)18(30)15(9-26)35-24/h2-8,12,15,17-24,26-28,30-32H,9-10H2,1H3/b5-3+. The van der Waals surface area contributed by atoms with Gasteiger partial charge in [0.15, 0.2) is 17.8 Å². The zero-order valence-corrected chi connectivity index (χ0v) is 20.3. The molecule has 0 aromatic heterocycles. The number of rotatable bonds is 8. The van der Waals surface area contributed by atoms with Gasteiger partial charge in [-0.15, -0.1) is 0 Å². The van der Waals surface area contributed by atoms with E-state index < -0.39 is 85.8 Å². The maximum absolute atomic E-state index is 12.7. The number of aliphatic hydroxyl groups is 5. The van der Waals surface area contributed by atoms with Crippen molar-refractivity contribution in [1.82, 2.24) is 0 Å². The van der Waals surface area contributed by atoms with Gasteiger partial charge in [-0.1, -0.05) is 6.07 Å². The van der Waals surface area contributed by atoms with Gasteiger partial charge in [0.25, 0.3) is 0 Å². The number of hydrogen-bond donors (Lipinski definition) is 6. The molecule has 5 rings (SSSR count). The van der Waals surface area contributed by atoms with Crippen molar-refractivity contribution < 1.29 is 63.9 Å². The van der Waals surface area contributed by atoms with Gasteiger partial charge in [-0.25, -0.2) is 4.79 Å². The van der Waals surface area contributed by atoms with Crippen molar-refractivity contribution in [2.75, 3.05) is 20.3 Å². The van der Waals surface area contributed by atoms with E-state index in [4.69, 9.17) is 28.4 Å². The fourth-order valence-corrected chi connectivity index (χ4v) is 5.42. The van der Waals surface area contributed by atoms with Crippen molar-refractivity contribution >= 4 is 12.0 Å². The van der Waals surface area contributed by atoms with Crippen molar-refractivity contribution in [3.8, 4) is 11.5 Å². The second kappa shape index (κ2) is 10.4. The zero-order chi connectivity index (χ0) is 27.2. The average Bonchev–Trinajstić information content (AvgIpc) is 3.60. The molecule has 11 atom stereocenters. The minimum atomic E-state index is -1.65. The first-order valence-electron chi connectivity index (χ1n) is 12.1. The van der Waals surface area contributed by atoms with Crippen molar-refractivity contribution in [3.63, 3.8) is 0 Å². The molecule has 38 heavy (non-hydrogen) atoms. The summed E-state index contributed by atoms with van der Waals surface area (Å²) in [4.78, 5) is 12.7. The number of fused-ring (bicyclic) bond motifs is 3. The number of phenols is 1. The molecular formula is C25H30O13. The fraction of sp³-hybridized carbons (Fsp3) is 0.560. The zero-order valence-electron chi connectivity index (χ0n) is 20.3. The Morgan fingerprint density at radius 3 is 2.63 bits per heavy atom.